The first kappa shape index (κ1) is 18.5. The van der Waals surface area contributed by atoms with E-state index < -0.39 is 5.60 Å². The maximum Gasteiger partial charge on any atom is 0.130 e. The fraction of sp³-hybridized carbons (Fsp3) is 0.826. The van der Waals surface area contributed by atoms with E-state index in [4.69, 9.17) is 6.42 Å². The maximum atomic E-state index is 13.5. The maximum absolute atomic E-state index is 13.5. The molecule has 4 rings (SSSR count). The minimum Gasteiger partial charge on any atom is -0.393 e. The van der Waals surface area contributed by atoms with Crippen LogP contribution in [0.15, 0.2) is 11.1 Å². The first-order valence-electron chi connectivity index (χ1n) is 10.5. The van der Waals surface area contributed by atoms with Crippen molar-refractivity contribution in [1.29, 1.82) is 0 Å². The Hall–Kier alpha value is -0.850. The van der Waals surface area contributed by atoms with Crippen LogP contribution in [-0.4, -0.2) is 28.6 Å². The molecule has 144 valence electrons. The molecule has 0 saturated heterocycles. The molecule has 0 bridgehead atoms. The Kier molecular flexibility index (Phi) is 4.52. The normalized spacial score (nSPS) is 50.6. The number of hydrogen-bond donors (Lipinski definition) is 2. The zero-order valence-electron chi connectivity index (χ0n) is 16.2. The zero-order chi connectivity index (χ0) is 18.7. The van der Waals surface area contributed by atoms with Crippen LogP contribution in [-0.2, 0) is 0 Å². The average molecular weight is 361 g/mol. The van der Waals surface area contributed by atoms with E-state index in [-0.39, 0.29) is 24.1 Å². The van der Waals surface area contributed by atoms with E-state index in [0.29, 0.717) is 36.5 Å². The molecular formula is C23H33FO2. The summed E-state index contributed by atoms with van der Waals surface area (Å²) in [5.41, 5.74) is 1.64. The highest BCUT2D eigenvalue weighted by atomic mass is 19.1. The minimum absolute atomic E-state index is 0.205. The van der Waals surface area contributed by atoms with Gasteiger partial charge < -0.3 is 10.2 Å². The van der Waals surface area contributed by atoms with E-state index in [1.807, 2.05) is 0 Å². The quantitative estimate of drug-likeness (QED) is 0.571. The SMILES string of the molecule is C#C[C@]1(O)CCC2C3C(C4=C(C[C@@H](O)CC4)C[C@H]3C)[C@@H](CCF)C[C@@]21C. The van der Waals surface area contributed by atoms with Gasteiger partial charge in [-0.1, -0.05) is 30.9 Å². The van der Waals surface area contributed by atoms with Crippen LogP contribution in [0.3, 0.4) is 0 Å². The summed E-state index contributed by atoms with van der Waals surface area (Å²) in [7, 11) is 0. The Labute approximate surface area is 157 Å². The number of halogens is 1. The van der Waals surface area contributed by atoms with Crippen LogP contribution in [0, 0.1) is 47.3 Å². The van der Waals surface area contributed by atoms with Gasteiger partial charge in [0.05, 0.1) is 12.8 Å². The zero-order valence-corrected chi connectivity index (χ0v) is 16.2. The van der Waals surface area contributed by atoms with Gasteiger partial charge in [0.15, 0.2) is 0 Å². The molecule has 3 unspecified atom stereocenters. The van der Waals surface area contributed by atoms with Crippen molar-refractivity contribution < 1.29 is 14.6 Å². The summed E-state index contributed by atoms with van der Waals surface area (Å²) in [5.74, 6) is 4.83. The van der Waals surface area contributed by atoms with Crippen molar-refractivity contribution in [2.75, 3.05) is 6.67 Å². The second-order valence-electron chi connectivity index (χ2n) is 9.82. The third kappa shape index (κ3) is 2.45. The highest BCUT2D eigenvalue weighted by Gasteiger charge is 2.64. The Morgan fingerprint density at radius 3 is 2.77 bits per heavy atom. The summed E-state index contributed by atoms with van der Waals surface area (Å²) in [4.78, 5) is 0. The molecule has 2 fully saturated rings. The van der Waals surface area contributed by atoms with Crippen molar-refractivity contribution in [2.24, 2.45) is 35.0 Å². The Morgan fingerprint density at radius 2 is 2.08 bits per heavy atom. The lowest BCUT2D eigenvalue weighted by atomic mass is 9.47. The molecule has 0 amide bonds. The topological polar surface area (TPSA) is 40.5 Å². The van der Waals surface area contributed by atoms with Crippen LogP contribution >= 0.6 is 0 Å². The number of terminal acetylenes is 1. The van der Waals surface area contributed by atoms with Crippen LogP contribution in [0.2, 0.25) is 0 Å². The monoisotopic (exact) mass is 360 g/mol. The molecule has 0 spiro atoms. The smallest absolute Gasteiger partial charge is 0.130 e. The average Bonchev–Trinajstić information content (AvgIpc) is 2.86. The van der Waals surface area contributed by atoms with Gasteiger partial charge in [-0.25, -0.2) is 0 Å². The molecule has 2 saturated carbocycles. The predicted octanol–water partition coefficient (Wildman–Crippen LogP) is 4.26. The van der Waals surface area contributed by atoms with Gasteiger partial charge >= 0.3 is 0 Å². The van der Waals surface area contributed by atoms with E-state index >= 15 is 0 Å². The number of rotatable bonds is 2. The minimum atomic E-state index is -1.05. The van der Waals surface area contributed by atoms with Gasteiger partial charge in [0, 0.05) is 5.41 Å². The molecule has 0 heterocycles. The van der Waals surface area contributed by atoms with Crippen LogP contribution in [0.25, 0.3) is 0 Å². The summed E-state index contributed by atoms with van der Waals surface area (Å²) in [6, 6.07) is 0. The molecule has 0 radical (unpaired) electrons. The Balaban J connectivity index is 1.78. The second kappa shape index (κ2) is 6.35. The van der Waals surface area contributed by atoms with Crippen molar-refractivity contribution in [2.45, 2.75) is 76.9 Å². The van der Waals surface area contributed by atoms with Gasteiger partial charge in [-0.3, -0.25) is 4.39 Å². The number of hydrogen-bond acceptors (Lipinski definition) is 2. The van der Waals surface area contributed by atoms with Gasteiger partial charge in [0.1, 0.15) is 5.60 Å². The molecule has 26 heavy (non-hydrogen) atoms. The third-order valence-electron chi connectivity index (χ3n) is 8.68. The van der Waals surface area contributed by atoms with Crippen LogP contribution < -0.4 is 0 Å². The van der Waals surface area contributed by atoms with Crippen molar-refractivity contribution in [1.82, 2.24) is 0 Å². The van der Waals surface area contributed by atoms with Crippen molar-refractivity contribution in [3.05, 3.63) is 11.1 Å². The Morgan fingerprint density at radius 1 is 1.31 bits per heavy atom. The van der Waals surface area contributed by atoms with Crippen molar-refractivity contribution in [3.63, 3.8) is 0 Å². The fourth-order valence-corrected chi connectivity index (χ4v) is 7.53. The molecule has 3 heteroatoms. The van der Waals surface area contributed by atoms with Gasteiger partial charge in [-0.15, -0.1) is 6.42 Å². The van der Waals surface area contributed by atoms with E-state index in [9.17, 15) is 14.6 Å². The molecule has 4 aliphatic carbocycles. The van der Waals surface area contributed by atoms with E-state index in [2.05, 4.69) is 19.8 Å². The predicted molar refractivity (Wildman–Crippen MR) is 101 cm³/mol. The van der Waals surface area contributed by atoms with Crippen LogP contribution in [0.1, 0.15) is 65.2 Å². The standard InChI is InChI=1S/C23H33FO2/c1-4-23(26)9-7-19-20-14(2)11-16-12-17(25)5-6-18(16)21(20)15(8-10-24)13-22(19,23)3/h1,14-15,17,19-21,25-26H,5-13H2,2-3H3/t14-,15+,17+,19?,20?,21?,22+,23+/m1/s1. The number of allylic oxidation sites excluding steroid dienone is 1. The summed E-state index contributed by atoms with van der Waals surface area (Å²) in [6.07, 6.45) is 12.3. The molecule has 0 aromatic heterocycles. The largest absolute Gasteiger partial charge is 0.393 e. The van der Waals surface area contributed by atoms with Gasteiger partial charge in [-0.05, 0) is 81.0 Å². The molecule has 2 N–H and O–H groups in total. The first-order chi connectivity index (χ1) is 12.3. The molecule has 0 aromatic carbocycles. The molecule has 0 aromatic rings. The highest BCUT2D eigenvalue weighted by Crippen LogP contribution is 2.67. The summed E-state index contributed by atoms with van der Waals surface area (Å²) < 4.78 is 13.5. The summed E-state index contributed by atoms with van der Waals surface area (Å²) in [6.45, 7) is 4.20. The van der Waals surface area contributed by atoms with Gasteiger partial charge in [-0.2, -0.15) is 0 Å². The van der Waals surface area contributed by atoms with Gasteiger partial charge in [0.25, 0.3) is 0 Å². The lowest BCUT2D eigenvalue weighted by molar-refractivity contribution is -0.106. The first-order valence-corrected chi connectivity index (χ1v) is 10.5. The molecule has 2 nitrogen and oxygen atoms in total. The summed E-state index contributed by atoms with van der Waals surface area (Å²) >= 11 is 0. The van der Waals surface area contributed by atoms with E-state index in [0.717, 1.165) is 38.5 Å². The van der Waals surface area contributed by atoms with E-state index in [1.165, 1.54) is 11.1 Å². The second-order valence-corrected chi connectivity index (χ2v) is 9.82. The van der Waals surface area contributed by atoms with E-state index in [1.54, 1.807) is 0 Å². The van der Waals surface area contributed by atoms with Crippen LogP contribution in [0.4, 0.5) is 4.39 Å². The third-order valence-corrected chi connectivity index (χ3v) is 8.68. The van der Waals surface area contributed by atoms with Crippen molar-refractivity contribution >= 4 is 0 Å². The Bertz CT molecular complexity index is 649. The number of aliphatic hydroxyl groups is 2. The van der Waals surface area contributed by atoms with Crippen molar-refractivity contribution in [3.8, 4) is 12.3 Å². The van der Waals surface area contributed by atoms with Gasteiger partial charge in [0.2, 0.25) is 0 Å². The fourth-order valence-electron chi connectivity index (χ4n) is 7.53. The lowest BCUT2D eigenvalue weighted by Crippen LogP contribution is -2.55. The number of alkyl halides is 1. The molecule has 4 aliphatic rings. The molecule has 8 atom stereocenters. The molecular weight excluding hydrogens is 327 g/mol. The van der Waals surface area contributed by atoms with Crippen LogP contribution in [0.5, 0.6) is 0 Å². The molecule has 0 aliphatic heterocycles. The number of fused-ring (bicyclic) bond motifs is 4. The number of aliphatic hydroxyl groups excluding tert-OH is 1. The summed E-state index contributed by atoms with van der Waals surface area (Å²) in [5, 5.41) is 21.4. The lowest BCUT2D eigenvalue weighted by Gasteiger charge is -2.58. The highest BCUT2D eigenvalue weighted by molar-refractivity contribution is 5.32.